The molecule has 1 aliphatic carbocycles. The van der Waals surface area contributed by atoms with Gasteiger partial charge in [0.05, 0.1) is 18.4 Å². The van der Waals surface area contributed by atoms with E-state index in [1.54, 1.807) is 0 Å². The highest BCUT2D eigenvalue weighted by atomic mass is 16.5. The maximum absolute atomic E-state index is 5.82. The standard InChI is InChI=1S/C14H25N3O/c1-2-10-17-13(7-8-16-17)12-15-9-11-18-14-5-3-4-6-14/h7-8,14-15H,2-6,9-12H2,1H3. The zero-order valence-corrected chi connectivity index (χ0v) is 11.4. The van der Waals surface area contributed by atoms with E-state index in [1.165, 1.54) is 31.4 Å². The Kier molecular flexibility index (Phi) is 5.68. The summed E-state index contributed by atoms with van der Waals surface area (Å²) in [6.45, 7) is 5.81. The fraction of sp³-hybridized carbons (Fsp3) is 0.786. The Bertz CT molecular complexity index is 332. The van der Waals surface area contributed by atoms with Crippen LogP contribution in [0.3, 0.4) is 0 Å². The summed E-state index contributed by atoms with van der Waals surface area (Å²) < 4.78 is 7.89. The normalized spacial score (nSPS) is 16.5. The molecule has 18 heavy (non-hydrogen) atoms. The summed E-state index contributed by atoms with van der Waals surface area (Å²) in [6, 6.07) is 2.08. The highest BCUT2D eigenvalue weighted by Gasteiger charge is 2.14. The van der Waals surface area contributed by atoms with Crippen LogP contribution >= 0.6 is 0 Å². The van der Waals surface area contributed by atoms with Gasteiger partial charge in [-0.15, -0.1) is 0 Å². The predicted octanol–water partition coefficient (Wildman–Crippen LogP) is 2.34. The summed E-state index contributed by atoms with van der Waals surface area (Å²) in [7, 11) is 0. The lowest BCUT2D eigenvalue weighted by Crippen LogP contribution is -2.23. The highest BCUT2D eigenvalue weighted by Crippen LogP contribution is 2.20. The minimum atomic E-state index is 0.525. The van der Waals surface area contributed by atoms with Crippen LogP contribution in [0.25, 0.3) is 0 Å². The molecule has 1 saturated carbocycles. The van der Waals surface area contributed by atoms with Gasteiger partial charge in [0, 0.05) is 25.8 Å². The summed E-state index contributed by atoms with van der Waals surface area (Å²) in [5.41, 5.74) is 1.26. The number of ether oxygens (including phenoxy) is 1. The molecular weight excluding hydrogens is 226 g/mol. The molecule has 1 heterocycles. The molecule has 0 unspecified atom stereocenters. The quantitative estimate of drug-likeness (QED) is 0.721. The molecule has 1 aromatic rings. The first kappa shape index (κ1) is 13.6. The van der Waals surface area contributed by atoms with Crippen LogP contribution < -0.4 is 5.32 Å². The van der Waals surface area contributed by atoms with Gasteiger partial charge in [0.2, 0.25) is 0 Å². The van der Waals surface area contributed by atoms with Crippen molar-refractivity contribution in [3.05, 3.63) is 18.0 Å². The molecule has 102 valence electrons. The Morgan fingerprint density at radius 3 is 3.06 bits per heavy atom. The molecule has 0 spiro atoms. The van der Waals surface area contributed by atoms with E-state index in [2.05, 4.69) is 28.1 Å². The number of hydrogen-bond donors (Lipinski definition) is 1. The molecule has 0 radical (unpaired) electrons. The van der Waals surface area contributed by atoms with Gasteiger partial charge in [-0.05, 0) is 25.3 Å². The van der Waals surface area contributed by atoms with Gasteiger partial charge in [0.25, 0.3) is 0 Å². The molecule has 1 aliphatic rings. The van der Waals surface area contributed by atoms with Gasteiger partial charge in [-0.25, -0.2) is 0 Å². The van der Waals surface area contributed by atoms with Crippen molar-refractivity contribution in [3.8, 4) is 0 Å². The molecule has 1 aromatic heterocycles. The smallest absolute Gasteiger partial charge is 0.0594 e. The predicted molar refractivity (Wildman–Crippen MR) is 72.4 cm³/mol. The SMILES string of the molecule is CCCn1nccc1CNCCOC1CCCC1. The van der Waals surface area contributed by atoms with Crippen molar-refractivity contribution in [2.75, 3.05) is 13.2 Å². The average Bonchev–Trinajstić information content (AvgIpc) is 3.01. The van der Waals surface area contributed by atoms with E-state index < -0.39 is 0 Å². The number of nitrogens with one attached hydrogen (secondary N) is 1. The second-order valence-electron chi connectivity index (χ2n) is 5.00. The van der Waals surface area contributed by atoms with Crippen LogP contribution in [-0.2, 0) is 17.8 Å². The van der Waals surface area contributed by atoms with Gasteiger partial charge >= 0.3 is 0 Å². The van der Waals surface area contributed by atoms with E-state index in [-0.39, 0.29) is 0 Å². The van der Waals surface area contributed by atoms with Crippen LogP contribution in [-0.4, -0.2) is 29.0 Å². The number of rotatable bonds is 8. The summed E-state index contributed by atoms with van der Waals surface area (Å²) in [6.07, 6.45) is 8.72. The zero-order chi connectivity index (χ0) is 12.6. The van der Waals surface area contributed by atoms with Gasteiger partial charge < -0.3 is 10.1 Å². The molecule has 0 atom stereocenters. The third-order valence-corrected chi connectivity index (χ3v) is 3.48. The van der Waals surface area contributed by atoms with Gasteiger partial charge in [-0.2, -0.15) is 5.10 Å². The number of nitrogens with zero attached hydrogens (tertiary/aromatic N) is 2. The maximum Gasteiger partial charge on any atom is 0.0594 e. The molecule has 4 nitrogen and oxygen atoms in total. The van der Waals surface area contributed by atoms with Crippen LogP contribution in [0, 0.1) is 0 Å². The summed E-state index contributed by atoms with van der Waals surface area (Å²) >= 11 is 0. The van der Waals surface area contributed by atoms with Gasteiger partial charge in [-0.3, -0.25) is 4.68 Å². The van der Waals surface area contributed by atoms with Crippen LogP contribution in [0.5, 0.6) is 0 Å². The fourth-order valence-electron chi connectivity index (χ4n) is 2.49. The summed E-state index contributed by atoms with van der Waals surface area (Å²) in [5.74, 6) is 0. The largest absolute Gasteiger partial charge is 0.377 e. The zero-order valence-electron chi connectivity index (χ0n) is 11.4. The Hall–Kier alpha value is -0.870. The molecule has 0 aliphatic heterocycles. The second kappa shape index (κ2) is 7.54. The van der Waals surface area contributed by atoms with Crippen LogP contribution in [0.1, 0.15) is 44.7 Å². The van der Waals surface area contributed by atoms with Gasteiger partial charge in [0.15, 0.2) is 0 Å². The van der Waals surface area contributed by atoms with Crippen molar-refractivity contribution in [2.24, 2.45) is 0 Å². The Morgan fingerprint density at radius 2 is 2.28 bits per heavy atom. The van der Waals surface area contributed by atoms with Gasteiger partial charge in [-0.1, -0.05) is 19.8 Å². The van der Waals surface area contributed by atoms with E-state index >= 15 is 0 Å². The molecule has 1 fully saturated rings. The molecule has 2 rings (SSSR count). The Labute approximate surface area is 110 Å². The Balaban J connectivity index is 1.58. The molecule has 0 saturated heterocycles. The van der Waals surface area contributed by atoms with Crippen molar-refractivity contribution >= 4 is 0 Å². The van der Waals surface area contributed by atoms with Gasteiger partial charge in [0.1, 0.15) is 0 Å². The minimum Gasteiger partial charge on any atom is -0.377 e. The lowest BCUT2D eigenvalue weighted by atomic mass is 10.3. The molecule has 0 amide bonds. The molecule has 1 N–H and O–H groups in total. The van der Waals surface area contributed by atoms with Crippen molar-refractivity contribution in [1.82, 2.24) is 15.1 Å². The first-order valence-electron chi connectivity index (χ1n) is 7.23. The first-order valence-corrected chi connectivity index (χ1v) is 7.23. The molecule has 4 heteroatoms. The number of hydrogen-bond acceptors (Lipinski definition) is 3. The third kappa shape index (κ3) is 4.10. The monoisotopic (exact) mass is 251 g/mol. The van der Waals surface area contributed by atoms with E-state index in [1.807, 2.05) is 6.20 Å². The highest BCUT2D eigenvalue weighted by molar-refractivity contribution is 4.99. The summed E-state index contributed by atoms with van der Waals surface area (Å²) in [5, 5.41) is 7.74. The molecular formula is C14H25N3O. The lowest BCUT2D eigenvalue weighted by Gasteiger charge is -2.12. The first-order chi connectivity index (χ1) is 8.90. The van der Waals surface area contributed by atoms with E-state index in [0.29, 0.717) is 6.10 Å². The number of aryl methyl sites for hydroxylation is 1. The molecule has 0 aromatic carbocycles. The van der Waals surface area contributed by atoms with Crippen LogP contribution in [0.15, 0.2) is 12.3 Å². The van der Waals surface area contributed by atoms with E-state index in [0.717, 1.165) is 32.7 Å². The van der Waals surface area contributed by atoms with Crippen molar-refractivity contribution in [1.29, 1.82) is 0 Å². The maximum atomic E-state index is 5.82. The fourth-order valence-corrected chi connectivity index (χ4v) is 2.49. The summed E-state index contributed by atoms with van der Waals surface area (Å²) in [4.78, 5) is 0. The lowest BCUT2D eigenvalue weighted by molar-refractivity contribution is 0.0602. The van der Waals surface area contributed by atoms with Crippen molar-refractivity contribution < 1.29 is 4.74 Å². The minimum absolute atomic E-state index is 0.525. The van der Waals surface area contributed by atoms with Crippen LogP contribution in [0.4, 0.5) is 0 Å². The van der Waals surface area contributed by atoms with E-state index in [9.17, 15) is 0 Å². The topological polar surface area (TPSA) is 39.1 Å². The second-order valence-corrected chi connectivity index (χ2v) is 5.00. The van der Waals surface area contributed by atoms with E-state index in [4.69, 9.17) is 4.74 Å². The van der Waals surface area contributed by atoms with Crippen molar-refractivity contribution in [2.45, 2.75) is 58.2 Å². The number of aromatic nitrogens is 2. The average molecular weight is 251 g/mol. The van der Waals surface area contributed by atoms with Crippen molar-refractivity contribution in [3.63, 3.8) is 0 Å². The Morgan fingerprint density at radius 1 is 1.44 bits per heavy atom. The third-order valence-electron chi connectivity index (χ3n) is 3.48. The molecule has 0 bridgehead atoms. The van der Waals surface area contributed by atoms with Crippen LogP contribution in [0.2, 0.25) is 0 Å².